The fourth-order valence-corrected chi connectivity index (χ4v) is 9.19. The molecule has 1 aromatic carbocycles. The fourth-order valence-electron chi connectivity index (χ4n) is 7.88. The van der Waals surface area contributed by atoms with E-state index in [2.05, 4.69) is 15.4 Å². The molecule has 0 radical (unpaired) electrons. The van der Waals surface area contributed by atoms with E-state index >= 15 is 0 Å². The molecule has 1 aromatic heterocycles. The summed E-state index contributed by atoms with van der Waals surface area (Å²) in [5, 5.41) is 6.84. The molecule has 3 fully saturated rings. The molecule has 2 aliphatic carbocycles. The lowest BCUT2D eigenvalue weighted by molar-refractivity contribution is -0.153. The fraction of sp³-hybridized carbons (Fsp3) is 0.634. The molecule has 7 atom stereocenters. The number of rotatable bonds is 8. The second kappa shape index (κ2) is 15.5. The number of amides is 4. The zero-order valence-corrected chi connectivity index (χ0v) is 35.0. The highest BCUT2D eigenvalue weighted by molar-refractivity contribution is 7.91. The van der Waals surface area contributed by atoms with Gasteiger partial charge in [0.15, 0.2) is 5.60 Å². The number of hydrogen-bond donors (Lipinski definition) is 3. The zero-order valence-electron chi connectivity index (χ0n) is 34.1. The van der Waals surface area contributed by atoms with Crippen LogP contribution in [0.15, 0.2) is 36.4 Å². The lowest BCUT2D eigenvalue weighted by Crippen LogP contribution is -2.60. The van der Waals surface area contributed by atoms with E-state index in [-0.39, 0.29) is 25.3 Å². The van der Waals surface area contributed by atoms with E-state index in [1.807, 2.05) is 30.3 Å². The van der Waals surface area contributed by atoms with Crippen molar-refractivity contribution in [2.24, 2.45) is 5.92 Å². The van der Waals surface area contributed by atoms with Gasteiger partial charge in [-0.05, 0) is 91.0 Å². The number of nitrogens with one attached hydrogen (secondary N) is 3. The minimum Gasteiger partial charge on any atom is -0.477 e. The molecule has 4 amide bonds. The summed E-state index contributed by atoms with van der Waals surface area (Å²) in [5.74, 6) is -5.80. The van der Waals surface area contributed by atoms with E-state index in [1.165, 1.54) is 4.90 Å². The summed E-state index contributed by atoms with van der Waals surface area (Å²) in [4.78, 5) is 62.6. The zero-order chi connectivity index (χ0) is 42.7. The molecule has 0 bridgehead atoms. The molecule has 59 heavy (non-hydrogen) atoms. The number of hydrogen-bond acceptors (Lipinski definition) is 11. The van der Waals surface area contributed by atoms with Crippen LogP contribution in [0, 0.1) is 5.92 Å². The van der Waals surface area contributed by atoms with Gasteiger partial charge in [-0.15, -0.1) is 0 Å². The van der Waals surface area contributed by atoms with Gasteiger partial charge in [0.2, 0.25) is 33.6 Å². The summed E-state index contributed by atoms with van der Waals surface area (Å²) in [5.41, 5.74) is -2.95. The number of carbonyl (C=O) groups excluding carboxylic acids is 4. The molecule has 7 rings (SSSR count). The number of halogens is 2. The first-order valence-electron chi connectivity index (χ1n) is 20.2. The van der Waals surface area contributed by atoms with Crippen LogP contribution in [0.3, 0.4) is 0 Å². The third kappa shape index (κ3) is 8.43. The second-order valence-electron chi connectivity index (χ2n) is 17.4. The van der Waals surface area contributed by atoms with Crippen molar-refractivity contribution >= 4 is 44.6 Å². The van der Waals surface area contributed by atoms with Crippen molar-refractivity contribution in [3.8, 4) is 11.8 Å². The number of ether oxygens (including phenoxy) is 4. The molecular weight excluding hydrogens is 793 g/mol. The first-order valence-corrected chi connectivity index (χ1v) is 21.7. The van der Waals surface area contributed by atoms with Gasteiger partial charge in [0, 0.05) is 30.2 Å². The van der Waals surface area contributed by atoms with E-state index in [1.54, 1.807) is 26.8 Å². The average Bonchev–Trinajstić information content (AvgIpc) is 4.04. The number of carbonyl (C=O) groups is 4. The average molecular weight is 846 g/mol. The predicted octanol–water partition coefficient (Wildman–Crippen LogP) is 4.45. The van der Waals surface area contributed by atoms with Crippen LogP contribution in [-0.4, -0.2) is 107 Å². The maximum atomic E-state index is 14.8. The van der Waals surface area contributed by atoms with Crippen LogP contribution < -0.4 is 24.8 Å². The number of alkyl carbamates (subject to hydrolysis) is 1. The Kier molecular flexibility index (Phi) is 11.2. The maximum absolute atomic E-state index is 14.8. The number of pyridine rings is 1. The lowest BCUT2D eigenvalue weighted by atomic mass is 10.0. The number of aromatic nitrogens is 1. The third-order valence-electron chi connectivity index (χ3n) is 12.4. The molecule has 0 spiro atoms. The van der Waals surface area contributed by atoms with Crippen LogP contribution >= 0.6 is 0 Å². The Balaban J connectivity index is 1.24. The Labute approximate surface area is 342 Å². The monoisotopic (exact) mass is 845 g/mol. The van der Waals surface area contributed by atoms with Gasteiger partial charge < -0.3 is 34.5 Å². The van der Waals surface area contributed by atoms with E-state index < -0.39 is 92.0 Å². The number of aryl methyl sites for hydroxylation is 1. The smallest absolute Gasteiger partial charge is 0.408 e. The van der Waals surface area contributed by atoms with Crippen LogP contribution in [0.5, 0.6) is 11.8 Å². The molecule has 1 saturated heterocycles. The van der Waals surface area contributed by atoms with Gasteiger partial charge in [-0.25, -0.2) is 22.0 Å². The number of sulfonamides is 1. The molecule has 3 N–H and O–H groups in total. The van der Waals surface area contributed by atoms with Crippen molar-refractivity contribution in [1.29, 1.82) is 0 Å². The molecule has 18 heteroatoms. The highest BCUT2D eigenvalue weighted by Gasteiger charge is 2.63. The Morgan fingerprint density at radius 3 is 2.51 bits per heavy atom. The van der Waals surface area contributed by atoms with Crippen LogP contribution in [0.4, 0.5) is 13.6 Å². The van der Waals surface area contributed by atoms with Gasteiger partial charge in [0.1, 0.15) is 23.7 Å². The first kappa shape index (κ1) is 42.5. The van der Waals surface area contributed by atoms with E-state index in [4.69, 9.17) is 23.9 Å². The molecule has 2 aromatic rings. The van der Waals surface area contributed by atoms with Gasteiger partial charge in [0.25, 0.3) is 11.8 Å². The van der Waals surface area contributed by atoms with Crippen molar-refractivity contribution in [1.82, 2.24) is 25.2 Å². The summed E-state index contributed by atoms with van der Waals surface area (Å²) in [6.07, 6.45) is 3.17. The number of alkyl halides is 2. The van der Waals surface area contributed by atoms with E-state index in [9.17, 15) is 36.4 Å². The normalized spacial score (nSPS) is 30.2. The highest BCUT2D eigenvalue weighted by atomic mass is 32.2. The molecule has 3 aliphatic heterocycles. The van der Waals surface area contributed by atoms with E-state index in [0.717, 1.165) is 37.6 Å². The molecule has 15 nitrogen and oxygen atoms in total. The van der Waals surface area contributed by atoms with Gasteiger partial charge >= 0.3 is 6.09 Å². The Hall–Kier alpha value is -4.58. The first-order chi connectivity index (χ1) is 27.6. The van der Waals surface area contributed by atoms with Crippen molar-refractivity contribution in [2.45, 2.75) is 145 Å². The summed E-state index contributed by atoms with van der Waals surface area (Å²) in [6.45, 7) is 7.83. The Morgan fingerprint density at radius 1 is 1.10 bits per heavy atom. The third-order valence-corrected chi connectivity index (χ3v) is 14.6. The Morgan fingerprint density at radius 2 is 1.81 bits per heavy atom. The molecule has 0 unspecified atom stereocenters. The topological polar surface area (TPSA) is 192 Å². The number of allylic oxidation sites excluding steroid dienone is 1. The molecule has 322 valence electrons. The Bertz CT molecular complexity index is 2160. The minimum absolute atomic E-state index is 0.0992. The number of benzene rings is 1. The van der Waals surface area contributed by atoms with Gasteiger partial charge in [-0.3, -0.25) is 19.1 Å². The van der Waals surface area contributed by atoms with Crippen molar-refractivity contribution in [2.75, 3.05) is 13.2 Å². The minimum atomic E-state index is -4.07. The van der Waals surface area contributed by atoms with Crippen LogP contribution in [-0.2, 0) is 40.3 Å². The van der Waals surface area contributed by atoms with Crippen LogP contribution in [0.2, 0.25) is 0 Å². The van der Waals surface area contributed by atoms with Gasteiger partial charge in [-0.2, -0.15) is 4.98 Å². The quantitative estimate of drug-likeness (QED) is 0.318. The standard InChI is InChI=1S/C41H53F2N5O10S/c1-23-12-7-8-13-25-21-41(25,36(51)47-59(53,54)39(5)17-18-39)46-32(49)30-20-26(57-34-29-15-10-9-14-27(29)28-16-11-19-55-33(28)45-34)22-48(30)35(50)31(24(2)56-23)44-37(52)58-38(3,4)40(6,42)43/h8-10,13-15,23-26,30-31H,7,11-12,16-22H2,1-6H3,(H,44,52)(H,46,49)(H,47,51)/b13-8-/t23-,24+,25-,26-,30+,31+,41-/m1/s1. The van der Waals surface area contributed by atoms with Crippen molar-refractivity contribution < 1.29 is 55.3 Å². The highest BCUT2D eigenvalue weighted by Crippen LogP contribution is 2.48. The largest absolute Gasteiger partial charge is 0.477 e. The van der Waals surface area contributed by atoms with E-state index in [0.29, 0.717) is 50.5 Å². The molecule has 4 heterocycles. The predicted molar refractivity (Wildman–Crippen MR) is 210 cm³/mol. The lowest BCUT2D eigenvalue weighted by Gasteiger charge is -2.35. The maximum Gasteiger partial charge on any atom is 0.408 e. The summed E-state index contributed by atoms with van der Waals surface area (Å²) >= 11 is 0. The summed E-state index contributed by atoms with van der Waals surface area (Å²) < 4.78 is 80.2. The summed E-state index contributed by atoms with van der Waals surface area (Å²) in [6, 6.07) is 4.67. The number of fused-ring (bicyclic) bond motifs is 5. The molecule has 2 saturated carbocycles. The SMILES string of the molecule is C[C@@H]1CC/C=C\[C@@H]2C[C@@]2(C(=O)NS(=O)(=O)C2(C)CC2)NC(=O)[C@@H]2C[C@@H](Oc3nc4c(c5ccccc35)CCCO4)CN2C(=O)[C@@H](NC(=O)OC(C)(C)C(C)(F)F)[C@H](C)O1. The van der Waals surface area contributed by atoms with Gasteiger partial charge in [-0.1, -0.05) is 30.4 Å². The van der Waals surface area contributed by atoms with Crippen LogP contribution in [0.1, 0.15) is 92.1 Å². The van der Waals surface area contributed by atoms with Crippen molar-refractivity contribution in [3.05, 3.63) is 42.0 Å². The summed E-state index contributed by atoms with van der Waals surface area (Å²) in [7, 11) is -4.07. The van der Waals surface area contributed by atoms with Gasteiger partial charge in [0.05, 0.1) is 30.1 Å². The molecule has 5 aliphatic rings. The van der Waals surface area contributed by atoms with Crippen LogP contribution in [0.25, 0.3) is 10.8 Å². The van der Waals surface area contributed by atoms with Crippen molar-refractivity contribution in [3.63, 3.8) is 0 Å². The second-order valence-corrected chi connectivity index (χ2v) is 19.6. The number of nitrogens with zero attached hydrogens (tertiary/aromatic N) is 2. The molecular formula is C41H53F2N5O10S.